The summed E-state index contributed by atoms with van der Waals surface area (Å²) in [5.74, 6) is 0.117. The summed E-state index contributed by atoms with van der Waals surface area (Å²) in [6.07, 6.45) is 12.7. The highest BCUT2D eigenvalue weighted by molar-refractivity contribution is 6.17. The number of aromatic nitrogens is 2. The Morgan fingerprint density at radius 2 is 1.23 bits per heavy atom. The average Bonchev–Trinajstić information content (AvgIpc) is 3.78. The van der Waals surface area contributed by atoms with Crippen LogP contribution in [0.1, 0.15) is 48.1 Å². The van der Waals surface area contributed by atoms with Crippen molar-refractivity contribution in [1.29, 1.82) is 15.8 Å². The van der Waals surface area contributed by atoms with Crippen molar-refractivity contribution in [1.82, 2.24) is 9.13 Å². The third-order valence-electron chi connectivity index (χ3n) is 11.8. The molecule has 0 N–H and O–H groups in total. The summed E-state index contributed by atoms with van der Waals surface area (Å²) in [5, 5.41) is 34.1. The van der Waals surface area contributed by atoms with E-state index in [-0.39, 0.29) is 12.0 Å². The van der Waals surface area contributed by atoms with Gasteiger partial charge in [-0.3, -0.25) is 0 Å². The Morgan fingerprint density at radius 3 is 2.02 bits per heavy atom. The van der Waals surface area contributed by atoms with Gasteiger partial charge in [0.25, 0.3) is 0 Å². The van der Waals surface area contributed by atoms with E-state index in [9.17, 15) is 15.8 Å². The van der Waals surface area contributed by atoms with Crippen LogP contribution in [-0.2, 0) is 0 Å². The standard InChI is InChI=1S/C52H35N5/c1-33-10-8-11-37(32-55)51(33)57-49-26-22-35(31-54)28-46(49)47-29-36(23-27-50(47)57)39-12-2-3-13-40(39)41-14-4-5-15-42(41)44-17-9-18-45-43-16-6-7-19-48(43)56(52(44)45)38-24-20-34(30-53)21-25-38/h4-29,33,51H,2-3H2,1H3. The number of fused-ring (bicyclic) bond motifs is 6. The molecule has 5 heteroatoms. The quantitative estimate of drug-likeness (QED) is 0.177. The molecule has 268 valence electrons. The van der Waals surface area contributed by atoms with E-state index in [0.29, 0.717) is 11.1 Å². The van der Waals surface area contributed by atoms with Gasteiger partial charge < -0.3 is 9.13 Å². The molecular formula is C52H35N5. The molecule has 0 saturated carbocycles. The van der Waals surface area contributed by atoms with Crippen LogP contribution in [0.3, 0.4) is 0 Å². The van der Waals surface area contributed by atoms with Crippen LogP contribution in [0.25, 0.3) is 71.6 Å². The summed E-state index contributed by atoms with van der Waals surface area (Å²) in [6.45, 7) is 2.16. The van der Waals surface area contributed by atoms with Crippen molar-refractivity contribution in [3.63, 3.8) is 0 Å². The largest absolute Gasteiger partial charge is 0.331 e. The van der Waals surface area contributed by atoms with Gasteiger partial charge in [-0.1, -0.05) is 98.0 Å². The Bertz CT molecular complexity index is 3230. The summed E-state index contributed by atoms with van der Waals surface area (Å²) >= 11 is 0. The molecule has 2 atom stereocenters. The number of nitriles is 3. The van der Waals surface area contributed by atoms with Crippen molar-refractivity contribution in [3.8, 4) is 35.0 Å². The zero-order valence-corrected chi connectivity index (χ0v) is 31.3. The zero-order valence-electron chi connectivity index (χ0n) is 31.3. The van der Waals surface area contributed by atoms with Gasteiger partial charge in [-0.2, -0.15) is 15.8 Å². The molecule has 10 rings (SSSR count). The molecule has 57 heavy (non-hydrogen) atoms. The first-order chi connectivity index (χ1) is 28.1. The van der Waals surface area contributed by atoms with Crippen LogP contribution in [0.15, 0.2) is 163 Å². The van der Waals surface area contributed by atoms with Crippen molar-refractivity contribution in [3.05, 3.63) is 186 Å². The SMILES string of the molecule is CC1C=CC=C(C#N)C1n1c2ccc(C#N)cc2c2cc(C3=CCCC=C3c3ccccc3-c3cccc4c5ccccc5n(-c5ccc(C#N)cc5)c34)ccc21. The first-order valence-electron chi connectivity index (χ1n) is 19.4. The van der Waals surface area contributed by atoms with E-state index in [1.54, 1.807) is 0 Å². The van der Waals surface area contributed by atoms with Gasteiger partial charge >= 0.3 is 0 Å². The van der Waals surface area contributed by atoms with Crippen molar-refractivity contribution in [2.75, 3.05) is 0 Å². The summed E-state index contributed by atoms with van der Waals surface area (Å²) in [5.41, 5.74) is 14.2. The van der Waals surface area contributed by atoms with Crippen LogP contribution >= 0.6 is 0 Å². The van der Waals surface area contributed by atoms with Gasteiger partial charge in [0, 0.05) is 43.8 Å². The predicted molar refractivity (Wildman–Crippen MR) is 231 cm³/mol. The predicted octanol–water partition coefficient (Wildman–Crippen LogP) is 12.8. The third-order valence-corrected chi connectivity index (χ3v) is 11.8. The minimum absolute atomic E-state index is 0.117. The summed E-state index contributed by atoms with van der Waals surface area (Å²) < 4.78 is 4.63. The maximum Gasteiger partial charge on any atom is 0.0991 e. The minimum Gasteiger partial charge on any atom is -0.331 e. The van der Waals surface area contributed by atoms with Gasteiger partial charge in [0.05, 0.1) is 52.0 Å². The van der Waals surface area contributed by atoms with Crippen molar-refractivity contribution >= 4 is 54.8 Å². The Labute approximate surface area is 330 Å². The number of hydrogen-bond donors (Lipinski definition) is 0. The molecule has 2 aliphatic carbocycles. The van der Waals surface area contributed by atoms with Crippen molar-refractivity contribution < 1.29 is 0 Å². The van der Waals surface area contributed by atoms with E-state index in [2.05, 4.69) is 137 Å². The van der Waals surface area contributed by atoms with Gasteiger partial charge in [0.1, 0.15) is 0 Å². The molecule has 0 amide bonds. The van der Waals surface area contributed by atoms with E-state index in [4.69, 9.17) is 0 Å². The summed E-state index contributed by atoms with van der Waals surface area (Å²) in [7, 11) is 0. The lowest BCUT2D eigenvalue weighted by atomic mass is 9.83. The Kier molecular flexibility index (Phi) is 8.07. The molecule has 0 radical (unpaired) electrons. The maximum absolute atomic E-state index is 10.2. The lowest BCUT2D eigenvalue weighted by Crippen LogP contribution is -2.19. The highest BCUT2D eigenvalue weighted by atomic mass is 15.0. The number of hydrogen-bond acceptors (Lipinski definition) is 3. The molecule has 8 aromatic rings. The first-order valence-corrected chi connectivity index (χ1v) is 19.4. The minimum atomic E-state index is -0.155. The first kappa shape index (κ1) is 33.9. The Hall–Kier alpha value is -7.65. The maximum atomic E-state index is 10.2. The zero-order chi connectivity index (χ0) is 38.6. The van der Waals surface area contributed by atoms with E-state index in [0.717, 1.165) is 79.2 Å². The monoisotopic (exact) mass is 729 g/mol. The molecule has 2 aliphatic rings. The Morgan fingerprint density at radius 1 is 0.561 bits per heavy atom. The molecule has 0 fully saturated rings. The van der Waals surface area contributed by atoms with E-state index < -0.39 is 0 Å². The van der Waals surface area contributed by atoms with Crippen LogP contribution in [0.4, 0.5) is 0 Å². The fourth-order valence-corrected chi connectivity index (χ4v) is 9.24. The van der Waals surface area contributed by atoms with Crippen LogP contribution in [0, 0.1) is 39.9 Å². The van der Waals surface area contributed by atoms with Gasteiger partial charge in [0.2, 0.25) is 0 Å². The Balaban J connectivity index is 1.16. The highest BCUT2D eigenvalue weighted by Crippen LogP contribution is 2.46. The number of nitrogens with zero attached hydrogens (tertiary/aromatic N) is 5. The lowest BCUT2D eigenvalue weighted by Gasteiger charge is -2.27. The highest BCUT2D eigenvalue weighted by Gasteiger charge is 2.28. The molecule has 2 unspecified atom stereocenters. The third kappa shape index (κ3) is 5.35. The number of benzene rings is 6. The van der Waals surface area contributed by atoms with Crippen LogP contribution in [0.5, 0.6) is 0 Å². The normalized spacial score (nSPS) is 16.6. The van der Waals surface area contributed by atoms with Crippen LogP contribution < -0.4 is 0 Å². The molecule has 5 nitrogen and oxygen atoms in total. The molecule has 0 spiro atoms. The fourth-order valence-electron chi connectivity index (χ4n) is 9.24. The van der Waals surface area contributed by atoms with E-state index in [1.807, 2.05) is 54.6 Å². The molecule has 0 bridgehead atoms. The molecule has 2 heterocycles. The number of para-hydroxylation sites is 2. The molecule has 6 aromatic carbocycles. The van der Waals surface area contributed by atoms with Crippen molar-refractivity contribution in [2.24, 2.45) is 5.92 Å². The summed E-state index contributed by atoms with van der Waals surface area (Å²) in [4.78, 5) is 0. The van der Waals surface area contributed by atoms with Crippen LogP contribution in [0.2, 0.25) is 0 Å². The topological polar surface area (TPSA) is 81.2 Å². The lowest BCUT2D eigenvalue weighted by molar-refractivity contribution is 0.494. The smallest absolute Gasteiger partial charge is 0.0991 e. The van der Waals surface area contributed by atoms with Crippen LogP contribution in [-0.4, -0.2) is 9.13 Å². The van der Waals surface area contributed by atoms with Gasteiger partial charge in [0.15, 0.2) is 0 Å². The van der Waals surface area contributed by atoms with Crippen molar-refractivity contribution in [2.45, 2.75) is 25.8 Å². The second-order valence-electron chi connectivity index (χ2n) is 14.9. The van der Waals surface area contributed by atoms with Gasteiger partial charge in [-0.05, 0) is 113 Å². The number of rotatable bonds is 5. The van der Waals surface area contributed by atoms with Gasteiger partial charge in [-0.25, -0.2) is 0 Å². The molecule has 2 aromatic heterocycles. The second-order valence-corrected chi connectivity index (χ2v) is 14.9. The molecule has 0 aliphatic heterocycles. The molecule has 0 saturated heterocycles. The second kappa shape index (κ2) is 13.6. The summed E-state index contributed by atoms with van der Waals surface area (Å²) in [6, 6.07) is 51.2. The molecular weight excluding hydrogens is 695 g/mol. The van der Waals surface area contributed by atoms with E-state index >= 15 is 0 Å². The average molecular weight is 730 g/mol. The number of allylic oxidation sites excluding steroid dienone is 8. The van der Waals surface area contributed by atoms with E-state index in [1.165, 1.54) is 21.9 Å². The fraction of sp³-hybridized carbons (Fsp3) is 0.0962. The van der Waals surface area contributed by atoms with Gasteiger partial charge in [-0.15, -0.1) is 0 Å².